The molecule has 0 spiro atoms. The van der Waals surface area contributed by atoms with Crippen molar-refractivity contribution >= 4 is 10.9 Å². The molecule has 4 rings (SSSR count). The highest BCUT2D eigenvalue weighted by Crippen LogP contribution is 2.48. The molecule has 2 aromatic carbocycles. The van der Waals surface area contributed by atoms with Crippen LogP contribution in [0.2, 0.25) is 0 Å². The summed E-state index contributed by atoms with van der Waals surface area (Å²) in [5, 5.41) is 12.6. The number of hydrogen-bond donors (Lipinski definition) is 3. The number of aliphatic hydroxyl groups is 1. The van der Waals surface area contributed by atoms with Crippen molar-refractivity contribution in [3.8, 4) is 11.3 Å². The molecule has 6 heteroatoms. The number of hydrogen-bond acceptors (Lipinski definition) is 2. The van der Waals surface area contributed by atoms with Crippen molar-refractivity contribution < 1.29 is 18.3 Å². The number of aromatic nitrogens is 1. The summed E-state index contributed by atoms with van der Waals surface area (Å²) in [7, 11) is 0. The third kappa shape index (κ3) is 3.47. The Hall–Kier alpha value is -2.31. The number of rotatable bonds is 6. The molecule has 0 amide bonds. The first-order valence-electron chi connectivity index (χ1n) is 9.15. The first-order valence-corrected chi connectivity index (χ1v) is 9.15. The molecule has 0 unspecified atom stereocenters. The van der Waals surface area contributed by atoms with Gasteiger partial charge in [-0.2, -0.15) is 0 Å². The first-order chi connectivity index (χ1) is 13.1. The Kier molecular flexibility index (Phi) is 4.93. The maximum Gasteiger partial charge on any atom is 0.150 e. The van der Waals surface area contributed by atoms with Crippen molar-refractivity contribution in [3.63, 3.8) is 0 Å². The molecule has 142 valence electrons. The van der Waals surface area contributed by atoms with Gasteiger partial charge in [-0.3, -0.25) is 0 Å². The zero-order valence-electron chi connectivity index (χ0n) is 14.7. The van der Waals surface area contributed by atoms with Gasteiger partial charge in [0.05, 0.1) is 17.8 Å². The standard InChI is InChI=1S/C21H21F3N2O/c22-15-3-1-13(2-4-15)20-19(14-7-12(8-14)11-25-5-6-27)17-9-16(23)10-18(24)21(17)26-20/h1-4,9-10,12,14,25-27H,5-8,11H2. The average Bonchev–Trinajstić information content (AvgIpc) is 2.97. The summed E-state index contributed by atoms with van der Waals surface area (Å²) in [5.74, 6) is -0.925. The molecule has 27 heavy (non-hydrogen) atoms. The van der Waals surface area contributed by atoms with Gasteiger partial charge in [0.1, 0.15) is 17.5 Å². The maximum atomic E-state index is 14.3. The lowest BCUT2D eigenvalue weighted by atomic mass is 9.70. The lowest BCUT2D eigenvalue weighted by Gasteiger charge is -2.36. The number of nitrogens with one attached hydrogen (secondary N) is 2. The second-order valence-electron chi connectivity index (χ2n) is 7.19. The second-order valence-corrected chi connectivity index (χ2v) is 7.19. The van der Waals surface area contributed by atoms with Crippen molar-refractivity contribution in [1.29, 1.82) is 0 Å². The fourth-order valence-electron chi connectivity index (χ4n) is 4.03. The van der Waals surface area contributed by atoms with Crippen LogP contribution in [-0.4, -0.2) is 29.8 Å². The van der Waals surface area contributed by atoms with Crippen molar-refractivity contribution in [2.24, 2.45) is 5.92 Å². The Morgan fingerprint density at radius 2 is 1.78 bits per heavy atom. The normalized spacial score (nSPS) is 19.4. The van der Waals surface area contributed by atoms with Gasteiger partial charge in [0.15, 0.2) is 0 Å². The van der Waals surface area contributed by atoms with Crippen LogP contribution in [0.5, 0.6) is 0 Å². The topological polar surface area (TPSA) is 48.0 Å². The molecule has 3 aromatic rings. The number of halogens is 3. The van der Waals surface area contributed by atoms with Crippen LogP contribution in [0.15, 0.2) is 36.4 Å². The van der Waals surface area contributed by atoms with Crippen LogP contribution in [-0.2, 0) is 0 Å². The molecular weight excluding hydrogens is 353 g/mol. The Morgan fingerprint density at radius 1 is 1.04 bits per heavy atom. The highest BCUT2D eigenvalue weighted by Gasteiger charge is 2.34. The summed E-state index contributed by atoms with van der Waals surface area (Å²) in [5.41, 5.74) is 2.66. The summed E-state index contributed by atoms with van der Waals surface area (Å²) in [6, 6.07) is 8.27. The van der Waals surface area contributed by atoms with Gasteiger partial charge in [-0.1, -0.05) is 0 Å². The lowest BCUT2D eigenvalue weighted by molar-refractivity contribution is 0.240. The molecule has 1 fully saturated rings. The average molecular weight is 374 g/mol. The third-order valence-corrected chi connectivity index (χ3v) is 5.36. The Bertz CT molecular complexity index is 946. The molecule has 0 bridgehead atoms. The Labute approximate surface area is 155 Å². The predicted octanol–water partition coefficient (Wildman–Crippen LogP) is 4.33. The highest BCUT2D eigenvalue weighted by atomic mass is 19.1. The van der Waals surface area contributed by atoms with Gasteiger partial charge in [-0.15, -0.1) is 0 Å². The van der Waals surface area contributed by atoms with E-state index in [-0.39, 0.29) is 23.9 Å². The summed E-state index contributed by atoms with van der Waals surface area (Å²) in [6.07, 6.45) is 1.80. The van der Waals surface area contributed by atoms with Gasteiger partial charge >= 0.3 is 0 Å². The monoisotopic (exact) mass is 374 g/mol. The summed E-state index contributed by atoms with van der Waals surface area (Å²) in [4.78, 5) is 3.10. The Morgan fingerprint density at radius 3 is 2.48 bits per heavy atom. The molecule has 0 aliphatic heterocycles. The van der Waals surface area contributed by atoms with Crippen LogP contribution < -0.4 is 5.32 Å². The molecule has 0 atom stereocenters. The van der Waals surface area contributed by atoms with Gasteiger partial charge in [0, 0.05) is 18.0 Å². The van der Waals surface area contributed by atoms with E-state index in [1.54, 1.807) is 12.1 Å². The first kappa shape index (κ1) is 18.1. The van der Waals surface area contributed by atoms with Crippen molar-refractivity contribution in [2.75, 3.05) is 19.7 Å². The summed E-state index contributed by atoms with van der Waals surface area (Å²) in [6.45, 7) is 1.48. The summed E-state index contributed by atoms with van der Waals surface area (Å²) >= 11 is 0. The number of aromatic amines is 1. The minimum absolute atomic E-state index is 0.103. The van der Waals surface area contributed by atoms with E-state index in [2.05, 4.69) is 10.3 Å². The molecule has 1 aromatic heterocycles. The van der Waals surface area contributed by atoms with E-state index in [9.17, 15) is 13.2 Å². The number of fused-ring (bicyclic) bond motifs is 1. The SMILES string of the molecule is OCCNCC1CC(c2c(-c3ccc(F)cc3)[nH]c3c(F)cc(F)cc23)C1. The molecule has 0 saturated heterocycles. The molecule has 3 nitrogen and oxygen atoms in total. The molecular formula is C21H21F3N2O. The molecule has 1 aliphatic carbocycles. The minimum Gasteiger partial charge on any atom is -0.395 e. The van der Waals surface area contributed by atoms with E-state index in [4.69, 9.17) is 5.11 Å². The van der Waals surface area contributed by atoms with E-state index in [1.807, 2.05) is 0 Å². The van der Waals surface area contributed by atoms with E-state index in [0.29, 0.717) is 17.8 Å². The zero-order valence-corrected chi connectivity index (χ0v) is 14.7. The molecule has 3 N–H and O–H groups in total. The molecule has 1 aliphatic rings. The number of aliphatic hydroxyl groups excluding tert-OH is 1. The quantitative estimate of drug-likeness (QED) is 0.563. The van der Waals surface area contributed by atoms with Gasteiger partial charge in [0.2, 0.25) is 0 Å². The predicted molar refractivity (Wildman–Crippen MR) is 99.0 cm³/mol. The van der Waals surface area contributed by atoms with Crippen molar-refractivity contribution in [1.82, 2.24) is 10.3 Å². The van der Waals surface area contributed by atoms with E-state index >= 15 is 0 Å². The molecule has 1 saturated carbocycles. The summed E-state index contributed by atoms with van der Waals surface area (Å²) < 4.78 is 41.5. The van der Waals surface area contributed by atoms with E-state index < -0.39 is 11.6 Å². The van der Waals surface area contributed by atoms with Gasteiger partial charge < -0.3 is 15.4 Å². The van der Waals surface area contributed by atoms with Crippen molar-refractivity contribution in [2.45, 2.75) is 18.8 Å². The van der Waals surface area contributed by atoms with Crippen LogP contribution in [0.1, 0.15) is 24.3 Å². The van der Waals surface area contributed by atoms with Crippen LogP contribution in [0, 0.1) is 23.4 Å². The fraction of sp³-hybridized carbons (Fsp3) is 0.333. The van der Waals surface area contributed by atoms with Crippen LogP contribution in [0.4, 0.5) is 13.2 Å². The molecule has 0 radical (unpaired) electrons. The van der Waals surface area contributed by atoms with Crippen LogP contribution >= 0.6 is 0 Å². The largest absolute Gasteiger partial charge is 0.395 e. The third-order valence-electron chi connectivity index (χ3n) is 5.36. The fourth-order valence-corrected chi connectivity index (χ4v) is 4.03. The van der Waals surface area contributed by atoms with Crippen molar-refractivity contribution in [3.05, 3.63) is 59.4 Å². The van der Waals surface area contributed by atoms with Gasteiger partial charge in [-0.05, 0) is 72.7 Å². The van der Waals surface area contributed by atoms with Gasteiger partial charge in [0.25, 0.3) is 0 Å². The minimum atomic E-state index is -0.625. The smallest absolute Gasteiger partial charge is 0.150 e. The number of benzene rings is 2. The maximum absolute atomic E-state index is 14.3. The van der Waals surface area contributed by atoms with Crippen LogP contribution in [0.3, 0.4) is 0 Å². The number of H-pyrrole nitrogens is 1. The Balaban J connectivity index is 1.71. The second kappa shape index (κ2) is 7.37. The van der Waals surface area contributed by atoms with Gasteiger partial charge in [-0.25, -0.2) is 13.2 Å². The van der Waals surface area contributed by atoms with E-state index in [1.165, 1.54) is 18.2 Å². The highest BCUT2D eigenvalue weighted by molar-refractivity contribution is 5.92. The van der Waals surface area contributed by atoms with E-state index in [0.717, 1.165) is 42.3 Å². The zero-order chi connectivity index (χ0) is 19.0. The molecule has 1 heterocycles. The van der Waals surface area contributed by atoms with Crippen LogP contribution in [0.25, 0.3) is 22.2 Å². The lowest BCUT2D eigenvalue weighted by Crippen LogP contribution is -2.33.